The van der Waals surface area contributed by atoms with E-state index in [-0.39, 0.29) is 0 Å². The van der Waals surface area contributed by atoms with Crippen molar-refractivity contribution in [1.29, 1.82) is 0 Å². The van der Waals surface area contributed by atoms with Crippen LogP contribution in [0.4, 0.5) is 4.39 Å². The highest BCUT2D eigenvalue weighted by Gasteiger charge is 2.21. The third-order valence-corrected chi connectivity index (χ3v) is 5.74. The second-order valence-corrected chi connectivity index (χ2v) is 7.66. The van der Waals surface area contributed by atoms with Crippen molar-refractivity contribution in [2.75, 3.05) is 6.61 Å². The zero-order chi connectivity index (χ0) is 18.9. The summed E-state index contributed by atoms with van der Waals surface area (Å²) >= 11 is 0. The molecule has 0 atom stereocenters. The molecule has 0 spiro atoms. The van der Waals surface area contributed by atoms with Gasteiger partial charge in [0, 0.05) is 0 Å². The van der Waals surface area contributed by atoms with Crippen LogP contribution < -0.4 is 4.74 Å². The van der Waals surface area contributed by atoms with Gasteiger partial charge in [-0.05, 0) is 79.2 Å². The zero-order valence-corrected chi connectivity index (χ0v) is 16.4. The molecule has 0 radical (unpaired) electrons. The van der Waals surface area contributed by atoms with Gasteiger partial charge in [0.2, 0.25) is 0 Å². The van der Waals surface area contributed by atoms with Crippen LogP contribution in [0.5, 0.6) is 5.75 Å². The number of hydrogen-bond donors (Lipinski definition) is 0. The summed E-state index contributed by atoms with van der Waals surface area (Å²) in [6.45, 7) is 2.96. The minimum Gasteiger partial charge on any atom is -0.494 e. The van der Waals surface area contributed by atoms with E-state index in [1.165, 1.54) is 42.4 Å². The molecule has 1 saturated carbocycles. The van der Waals surface area contributed by atoms with Crippen molar-refractivity contribution >= 4 is 0 Å². The van der Waals surface area contributed by atoms with Gasteiger partial charge in [-0.15, -0.1) is 0 Å². The second kappa shape index (κ2) is 10.3. The number of unbranched alkanes of at least 4 members (excludes halogenated alkanes) is 1. The highest BCUT2D eigenvalue weighted by molar-refractivity contribution is 5.64. The lowest BCUT2D eigenvalue weighted by Crippen LogP contribution is -2.12. The van der Waals surface area contributed by atoms with E-state index in [9.17, 15) is 4.39 Å². The molecule has 0 aliphatic heterocycles. The molecule has 0 saturated heterocycles. The van der Waals surface area contributed by atoms with E-state index in [0.717, 1.165) is 31.6 Å². The fraction of sp³-hybridized carbons (Fsp3) is 0.440. The third-order valence-electron chi connectivity index (χ3n) is 5.74. The zero-order valence-electron chi connectivity index (χ0n) is 16.4. The summed E-state index contributed by atoms with van der Waals surface area (Å²) in [4.78, 5) is 0. The van der Waals surface area contributed by atoms with Gasteiger partial charge < -0.3 is 4.74 Å². The van der Waals surface area contributed by atoms with Crippen LogP contribution in [0.25, 0.3) is 11.1 Å². The Morgan fingerprint density at radius 3 is 2.15 bits per heavy atom. The Morgan fingerprint density at radius 2 is 1.56 bits per heavy atom. The average molecular weight is 367 g/mol. The molecule has 0 aromatic heterocycles. The van der Waals surface area contributed by atoms with Crippen molar-refractivity contribution < 1.29 is 9.13 Å². The molecule has 1 fully saturated rings. The highest BCUT2D eigenvalue weighted by atomic mass is 19.1. The number of allylic oxidation sites excluding steroid dienone is 1. The molecular weight excluding hydrogens is 335 g/mol. The lowest BCUT2D eigenvalue weighted by Gasteiger charge is -2.28. The minimum absolute atomic E-state index is 0.652. The Bertz CT molecular complexity index is 694. The molecule has 144 valence electrons. The summed E-state index contributed by atoms with van der Waals surface area (Å²) in [5.74, 6) is 2.26. The molecule has 0 N–H and O–H groups in total. The molecule has 2 aromatic rings. The fourth-order valence-electron chi connectivity index (χ4n) is 4.00. The van der Waals surface area contributed by atoms with E-state index in [0.29, 0.717) is 18.2 Å². The Balaban J connectivity index is 1.56. The topological polar surface area (TPSA) is 9.23 Å². The molecule has 2 heteroatoms. The van der Waals surface area contributed by atoms with E-state index in [2.05, 4.69) is 55.5 Å². The van der Waals surface area contributed by atoms with Gasteiger partial charge in [-0.25, -0.2) is 4.39 Å². The molecule has 0 unspecified atom stereocenters. The lowest BCUT2D eigenvalue weighted by atomic mass is 9.77. The Morgan fingerprint density at radius 1 is 0.926 bits per heavy atom. The Labute approximate surface area is 163 Å². The van der Waals surface area contributed by atoms with Crippen molar-refractivity contribution in [2.45, 2.75) is 57.8 Å². The standard InChI is InChI=1S/C25H31FO/c1-2-3-19-27-25-16-14-24(15-17-25)23-12-10-22(11-13-23)21-8-6-20(7-9-21)5-4-18-26/h4,10-18,20-21H,2-3,5-9,19H2,1H3/b18-4+/t20-,21-. The largest absolute Gasteiger partial charge is 0.494 e. The molecule has 27 heavy (non-hydrogen) atoms. The molecule has 0 heterocycles. The van der Waals surface area contributed by atoms with Crippen LogP contribution >= 0.6 is 0 Å². The van der Waals surface area contributed by atoms with Gasteiger partial charge in [0.1, 0.15) is 5.75 Å². The molecular formula is C25H31FO. The summed E-state index contributed by atoms with van der Waals surface area (Å²) < 4.78 is 17.9. The first kappa shape index (κ1) is 19.7. The SMILES string of the molecule is CCCCOc1ccc(-c2ccc([C@H]3CC[C@H](C/C=C/F)CC3)cc2)cc1. The van der Waals surface area contributed by atoms with Gasteiger partial charge in [-0.3, -0.25) is 0 Å². The fourth-order valence-corrected chi connectivity index (χ4v) is 4.00. The van der Waals surface area contributed by atoms with Crippen LogP contribution in [0.3, 0.4) is 0 Å². The number of halogens is 1. The lowest BCUT2D eigenvalue weighted by molar-refractivity contribution is 0.309. The van der Waals surface area contributed by atoms with Crippen LogP contribution in [-0.4, -0.2) is 6.61 Å². The first-order chi connectivity index (χ1) is 13.3. The summed E-state index contributed by atoms with van der Waals surface area (Å²) in [6, 6.07) is 17.4. The number of rotatable bonds is 8. The van der Waals surface area contributed by atoms with Crippen LogP contribution in [0.1, 0.15) is 63.4 Å². The van der Waals surface area contributed by atoms with Crippen molar-refractivity contribution in [3.05, 3.63) is 66.5 Å². The van der Waals surface area contributed by atoms with Gasteiger partial charge in [0.25, 0.3) is 0 Å². The number of ether oxygens (including phenoxy) is 1. The summed E-state index contributed by atoms with van der Waals surface area (Å²) in [5.41, 5.74) is 3.92. The number of benzene rings is 2. The third kappa shape index (κ3) is 5.69. The van der Waals surface area contributed by atoms with Crippen molar-refractivity contribution in [1.82, 2.24) is 0 Å². The monoisotopic (exact) mass is 366 g/mol. The van der Waals surface area contributed by atoms with E-state index < -0.39 is 0 Å². The Hall–Kier alpha value is -2.09. The molecule has 1 aliphatic rings. The van der Waals surface area contributed by atoms with Gasteiger partial charge in [-0.1, -0.05) is 55.8 Å². The van der Waals surface area contributed by atoms with Crippen LogP contribution in [0, 0.1) is 5.92 Å². The van der Waals surface area contributed by atoms with E-state index >= 15 is 0 Å². The minimum atomic E-state index is 0.652. The molecule has 2 aromatic carbocycles. The van der Waals surface area contributed by atoms with Crippen LogP contribution in [0.15, 0.2) is 60.9 Å². The van der Waals surface area contributed by atoms with Gasteiger partial charge in [0.15, 0.2) is 0 Å². The van der Waals surface area contributed by atoms with Gasteiger partial charge in [0.05, 0.1) is 12.9 Å². The van der Waals surface area contributed by atoms with Crippen molar-refractivity contribution in [3.63, 3.8) is 0 Å². The molecule has 0 bridgehead atoms. The molecule has 3 rings (SSSR count). The maximum atomic E-state index is 12.2. The van der Waals surface area contributed by atoms with Crippen LogP contribution in [0.2, 0.25) is 0 Å². The van der Waals surface area contributed by atoms with Gasteiger partial charge in [-0.2, -0.15) is 0 Å². The van der Waals surface area contributed by atoms with E-state index in [1.54, 1.807) is 6.08 Å². The first-order valence-electron chi connectivity index (χ1n) is 10.4. The predicted molar refractivity (Wildman–Crippen MR) is 112 cm³/mol. The van der Waals surface area contributed by atoms with E-state index in [4.69, 9.17) is 4.74 Å². The molecule has 1 aliphatic carbocycles. The van der Waals surface area contributed by atoms with Gasteiger partial charge >= 0.3 is 0 Å². The Kier molecular flexibility index (Phi) is 7.50. The normalized spacial score (nSPS) is 20.1. The highest BCUT2D eigenvalue weighted by Crippen LogP contribution is 2.37. The van der Waals surface area contributed by atoms with Crippen molar-refractivity contribution in [3.8, 4) is 16.9 Å². The number of hydrogen-bond acceptors (Lipinski definition) is 1. The summed E-state index contributed by atoms with van der Waals surface area (Å²) in [5, 5.41) is 0. The molecule has 0 amide bonds. The maximum Gasteiger partial charge on any atom is 0.119 e. The quantitative estimate of drug-likeness (QED) is 0.435. The second-order valence-electron chi connectivity index (χ2n) is 7.66. The average Bonchev–Trinajstić information content (AvgIpc) is 2.73. The van der Waals surface area contributed by atoms with Crippen molar-refractivity contribution in [2.24, 2.45) is 5.92 Å². The van der Waals surface area contributed by atoms with E-state index in [1.807, 2.05) is 0 Å². The first-order valence-corrected chi connectivity index (χ1v) is 10.4. The van der Waals surface area contributed by atoms with Crippen LogP contribution in [-0.2, 0) is 0 Å². The predicted octanol–water partition coefficient (Wildman–Crippen LogP) is 7.68. The smallest absolute Gasteiger partial charge is 0.119 e. The maximum absolute atomic E-state index is 12.2. The summed E-state index contributed by atoms with van der Waals surface area (Å²) in [7, 11) is 0. The molecule has 1 nitrogen and oxygen atoms in total. The summed E-state index contributed by atoms with van der Waals surface area (Å²) in [6.07, 6.45) is 10.3.